The Labute approximate surface area is 79.2 Å². The van der Waals surface area contributed by atoms with E-state index >= 15 is 0 Å². The van der Waals surface area contributed by atoms with Gasteiger partial charge in [-0.2, -0.15) is 0 Å². The third kappa shape index (κ3) is 3.07. The van der Waals surface area contributed by atoms with E-state index in [-0.39, 0.29) is 0 Å². The van der Waals surface area contributed by atoms with Gasteiger partial charge in [0.05, 0.1) is 12.7 Å². The van der Waals surface area contributed by atoms with Crippen LogP contribution in [0.25, 0.3) is 0 Å². The van der Waals surface area contributed by atoms with Crippen molar-refractivity contribution in [2.45, 2.75) is 26.4 Å². The molecular formula is C11H16O2. The van der Waals surface area contributed by atoms with Gasteiger partial charge in [-0.15, -0.1) is 0 Å². The highest BCUT2D eigenvalue weighted by molar-refractivity contribution is 5.29. The maximum atomic E-state index is 9.32. The molecule has 2 nitrogen and oxygen atoms in total. The minimum Gasteiger partial charge on any atom is -0.494 e. The Kier molecular flexibility index (Phi) is 3.77. The number of hydrogen-bond donors (Lipinski definition) is 1. The molecule has 1 rings (SSSR count). The van der Waals surface area contributed by atoms with Gasteiger partial charge in [0.15, 0.2) is 0 Å². The van der Waals surface area contributed by atoms with Gasteiger partial charge in [0.25, 0.3) is 0 Å². The lowest BCUT2D eigenvalue weighted by Crippen LogP contribution is -1.96. The Hall–Kier alpha value is -1.02. The molecule has 0 aliphatic heterocycles. The first-order valence-electron chi connectivity index (χ1n) is 4.65. The van der Waals surface area contributed by atoms with Crippen molar-refractivity contribution in [3.8, 4) is 5.75 Å². The maximum absolute atomic E-state index is 9.32. The molecule has 1 N–H and O–H groups in total. The second-order valence-corrected chi connectivity index (χ2v) is 3.10. The number of aliphatic hydroxyl groups excluding tert-OH is 1. The molecule has 0 spiro atoms. The van der Waals surface area contributed by atoms with E-state index in [9.17, 15) is 5.11 Å². The van der Waals surface area contributed by atoms with Crippen molar-refractivity contribution in [2.24, 2.45) is 0 Å². The van der Waals surface area contributed by atoms with Gasteiger partial charge in [-0.25, -0.2) is 0 Å². The number of benzene rings is 1. The Morgan fingerprint density at radius 2 is 2.23 bits per heavy atom. The second-order valence-electron chi connectivity index (χ2n) is 3.10. The number of ether oxygens (including phenoxy) is 1. The fourth-order valence-electron chi connectivity index (χ4n) is 1.08. The van der Waals surface area contributed by atoms with E-state index in [2.05, 4.69) is 6.92 Å². The molecule has 0 radical (unpaired) electrons. The maximum Gasteiger partial charge on any atom is 0.119 e. The first-order valence-corrected chi connectivity index (χ1v) is 4.65. The summed E-state index contributed by atoms with van der Waals surface area (Å²) in [6, 6.07) is 7.57. The molecule has 1 atom stereocenters. The van der Waals surface area contributed by atoms with E-state index in [0.717, 1.165) is 24.3 Å². The number of rotatable bonds is 4. The van der Waals surface area contributed by atoms with Crippen LogP contribution in [0.4, 0.5) is 0 Å². The minimum atomic E-state index is -0.426. The molecule has 0 aromatic heterocycles. The van der Waals surface area contributed by atoms with Crippen LogP contribution in [0.15, 0.2) is 24.3 Å². The van der Waals surface area contributed by atoms with E-state index in [1.54, 1.807) is 6.92 Å². The monoisotopic (exact) mass is 180 g/mol. The van der Waals surface area contributed by atoms with Crippen LogP contribution in [0.2, 0.25) is 0 Å². The van der Waals surface area contributed by atoms with Crippen molar-refractivity contribution < 1.29 is 9.84 Å². The van der Waals surface area contributed by atoms with Gasteiger partial charge in [-0.3, -0.25) is 0 Å². The molecule has 0 aliphatic carbocycles. The van der Waals surface area contributed by atoms with Crippen molar-refractivity contribution in [3.63, 3.8) is 0 Å². The molecule has 1 aromatic rings. The first kappa shape index (κ1) is 10.1. The summed E-state index contributed by atoms with van der Waals surface area (Å²) in [6.07, 6.45) is 0.573. The summed E-state index contributed by atoms with van der Waals surface area (Å²) in [4.78, 5) is 0. The molecule has 0 saturated carbocycles. The minimum absolute atomic E-state index is 0.426. The van der Waals surface area contributed by atoms with E-state index in [0.29, 0.717) is 0 Å². The van der Waals surface area contributed by atoms with Crippen LogP contribution in [-0.2, 0) is 0 Å². The van der Waals surface area contributed by atoms with Crippen molar-refractivity contribution in [1.82, 2.24) is 0 Å². The molecular weight excluding hydrogens is 164 g/mol. The average molecular weight is 180 g/mol. The topological polar surface area (TPSA) is 29.5 Å². The van der Waals surface area contributed by atoms with Crippen LogP contribution >= 0.6 is 0 Å². The van der Waals surface area contributed by atoms with Gasteiger partial charge >= 0.3 is 0 Å². The van der Waals surface area contributed by atoms with Crippen molar-refractivity contribution in [2.75, 3.05) is 6.61 Å². The van der Waals surface area contributed by atoms with Crippen LogP contribution in [0.3, 0.4) is 0 Å². The molecule has 2 heteroatoms. The fraction of sp³-hybridized carbons (Fsp3) is 0.455. The van der Waals surface area contributed by atoms with Gasteiger partial charge in [-0.05, 0) is 31.0 Å². The van der Waals surface area contributed by atoms with Crippen LogP contribution in [0.5, 0.6) is 5.75 Å². The summed E-state index contributed by atoms with van der Waals surface area (Å²) in [5, 5.41) is 9.32. The zero-order valence-electron chi connectivity index (χ0n) is 8.16. The smallest absolute Gasteiger partial charge is 0.119 e. The highest BCUT2D eigenvalue weighted by atomic mass is 16.5. The lowest BCUT2D eigenvalue weighted by Gasteiger charge is -2.08. The van der Waals surface area contributed by atoms with Crippen molar-refractivity contribution in [3.05, 3.63) is 29.8 Å². The zero-order chi connectivity index (χ0) is 9.68. The molecule has 0 saturated heterocycles. The van der Waals surface area contributed by atoms with Gasteiger partial charge in [0.2, 0.25) is 0 Å². The molecule has 72 valence electrons. The third-order valence-corrected chi connectivity index (χ3v) is 1.81. The van der Waals surface area contributed by atoms with Crippen molar-refractivity contribution in [1.29, 1.82) is 0 Å². The molecule has 0 amide bonds. The summed E-state index contributed by atoms with van der Waals surface area (Å²) in [5.41, 5.74) is 0.897. The molecule has 1 unspecified atom stereocenters. The first-order chi connectivity index (χ1) is 6.24. The third-order valence-electron chi connectivity index (χ3n) is 1.81. The molecule has 0 bridgehead atoms. The quantitative estimate of drug-likeness (QED) is 0.771. The van der Waals surface area contributed by atoms with Gasteiger partial charge in [0, 0.05) is 0 Å². The van der Waals surface area contributed by atoms with Crippen LogP contribution in [-0.4, -0.2) is 11.7 Å². The lowest BCUT2D eigenvalue weighted by atomic mass is 10.1. The summed E-state index contributed by atoms with van der Waals surface area (Å²) in [6.45, 7) is 4.54. The second kappa shape index (κ2) is 4.87. The summed E-state index contributed by atoms with van der Waals surface area (Å²) < 4.78 is 5.43. The number of hydrogen-bond acceptors (Lipinski definition) is 2. The predicted octanol–water partition coefficient (Wildman–Crippen LogP) is 2.53. The van der Waals surface area contributed by atoms with Crippen molar-refractivity contribution >= 4 is 0 Å². The molecule has 0 heterocycles. The summed E-state index contributed by atoms with van der Waals surface area (Å²) >= 11 is 0. The summed E-state index contributed by atoms with van der Waals surface area (Å²) in [5.74, 6) is 0.834. The Bertz CT molecular complexity index is 256. The van der Waals surface area contributed by atoms with Crippen LogP contribution < -0.4 is 4.74 Å². The standard InChI is InChI=1S/C11H16O2/c1-3-7-13-11-6-4-5-10(8-11)9(2)12/h4-6,8-9,12H,3,7H2,1-2H3. The highest BCUT2D eigenvalue weighted by Gasteiger charge is 2.01. The largest absolute Gasteiger partial charge is 0.494 e. The SMILES string of the molecule is CCCOc1cccc(C(C)O)c1. The van der Waals surface area contributed by atoms with Gasteiger partial charge in [-0.1, -0.05) is 19.1 Å². The Morgan fingerprint density at radius 1 is 1.46 bits per heavy atom. The van der Waals surface area contributed by atoms with Crippen LogP contribution in [0.1, 0.15) is 31.9 Å². The Morgan fingerprint density at radius 3 is 2.85 bits per heavy atom. The molecule has 0 fully saturated rings. The highest BCUT2D eigenvalue weighted by Crippen LogP contribution is 2.18. The van der Waals surface area contributed by atoms with E-state index in [4.69, 9.17) is 4.74 Å². The Balaban J connectivity index is 2.68. The average Bonchev–Trinajstić information content (AvgIpc) is 2.15. The molecule has 0 aliphatic rings. The lowest BCUT2D eigenvalue weighted by molar-refractivity contribution is 0.198. The van der Waals surface area contributed by atoms with Gasteiger partial charge in [0.1, 0.15) is 5.75 Å². The van der Waals surface area contributed by atoms with E-state index < -0.39 is 6.10 Å². The summed E-state index contributed by atoms with van der Waals surface area (Å²) in [7, 11) is 0. The fourth-order valence-corrected chi connectivity index (χ4v) is 1.08. The molecule has 13 heavy (non-hydrogen) atoms. The molecule has 1 aromatic carbocycles. The predicted molar refractivity (Wildman–Crippen MR) is 52.9 cm³/mol. The zero-order valence-corrected chi connectivity index (χ0v) is 8.16. The van der Waals surface area contributed by atoms with Gasteiger partial charge < -0.3 is 9.84 Å². The van der Waals surface area contributed by atoms with E-state index in [1.807, 2.05) is 24.3 Å². The van der Waals surface area contributed by atoms with E-state index in [1.165, 1.54) is 0 Å². The normalized spacial score (nSPS) is 12.5. The van der Waals surface area contributed by atoms with Crippen LogP contribution in [0, 0.1) is 0 Å². The number of aliphatic hydroxyl groups is 1.